The summed E-state index contributed by atoms with van der Waals surface area (Å²) in [5.41, 5.74) is 2.39. The number of hydrogen-bond donors (Lipinski definition) is 0. The van der Waals surface area contributed by atoms with Crippen LogP contribution in [-0.2, 0) is 16.8 Å². The van der Waals surface area contributed by atoms with Crippen LogP contribution in [0.4, 0.5) is 4.39 Å². The van der Waals surface area contributed by atoms with Crippen molar-refractivity contribution in [2.75, 3.05) is 0 Å². The standard InChI is InChI=1S/C15H11FN2O3S/c16-12-4-1-10(2-5-12)15-14(18-9-21-15)11-3-6-13(17-7-11)8-22(19)20/h1-7,9H,8H2,(H,19,20)/p-1. The normalized spacial score (nSPS) is 12.3. The first-order valence-corrected chi connectivity index (χ1v) is 7.58. The van der Waals surface area contributed by atoms with Gasteiger partial charge >= 0.3 is 0 Å². The van der Waals surface area contributed by atoms with Crippen molar-refractivity contribution in [3.63, 3.8) is 0 Å². The number of pyridine rings is 1. The molecule has 2 heterocycles. The van der Waals surface area contributed by atoms with E-state index >= 15 is 0 Å². The van der Waals surface area contributed by atoms with Crippen molar-refractivity contribution in [3.8, 4) is 22.6 Å². The molecule has 0 aliphatic rings. The van der Waals surface area contributed by atoms with E-state index in [1.54, 1.807) is 24.3 Å². The van der Waals surface area contributed by atoms with Crippen molar-refractivity contribution in [1.29, 1.82) is 0 Å². The fraction of sp³-hybridized carbons (Fsp3) is 0.0667. The van der Waals surface area contributed by atoms with Gasteiger partial charge in [0.15, 0.2) is 12.2 Å². The molecule has 2 aromatic heterocycles. The Morgan fingerprint density at radius 3 is 2.45 bits per heavy atom. The Balaban J connectivity index is 1.94. The first-order valence-electron chi connectivity index (χ1n) is 6.34. The third kappa shape index (κ3) is 3.10. The van der Waals surface area contributed by atoms with Gasteiger partial charge in [0.25, 0.3) is 0 Å². The molecular formula is C15H10FN2O3S-. The van der Waals surface area contributed by atoms with Crippen molar-refractivity contribution in [3.05, 3.63) is 60.5 Å². The Morgan fingerprint density at radius 1 is 1.09 bits per heavy atom. The Bertz CT molecular complexity index is 800. The lowest BCUT2D eigenvalue weighted by Gasteiger charge is -2.05. The molecule has 3 aromatic rings. The molecule has 1 unspecified atom stereocenters. The molecule has 0 radical (unpaired) electrons. The zero-order chi connectivity index (χ0) is 15.5. The van der Waals surface area contributed by atoms with E-state index in [2.05, 4.69) is 9.97 Å². The highest BCUT2D eigenvalue weighted by atomic mass is 32.2. The molecule has 0 N–H and O–H groups in total. The molecule has 0 aliphatic carbocycles. The number of aromatic nitrogens is 2. The second-order valence-electron chi connectivity index (χ2n) is 4.52. The van der Waals surface area contributed by atoms with Gasteiger partial charge in [0, 0.05) is 17.3 Å². The maximum absolute atomic E-state index is 13.0. The highest BCUT2D eigenvalue weighted by Gasteiger charge is 2.13. The van der Waals surface area contributed by atoms with E-state index in [0.717, 1.165) is 0 Å². The lowest BCUT2D eigenvalue weighted by atomic mass is 10.1. The van der Waals surface area contributed by atoms with Gasteiger partial charge in [-0.2, -0.15) is 0 Å². The number of benzene rings is 1. The molecule has 112 valence electrons. The van der Waals surface area contributed by atoms with E-state index < -0.39 is 11.1 Å². The predicted octanol–water partition coefficient (Wildman–Crippen LogP) is 2.92. The minimum Gasteiger partial charge on any atom is -0.772 e. The Morgan fingerprint density at radius 2 is 1.82 bits per heavy atom. The molecule has 0 fully saturated rings. The third-order valence-electron chi connectivity index (χ3n) is 3.04. The van der Waals surface area contributed by atoms with Gasteiger partial charge in [-0.1, -0.05) is 0 Å². The minimum atomic E-state index is -2.18. The molecule has 22 heavy (non-hydrogen) atoms. The van der Waals surface area contributed by atoms with Crippen LogP contribution in [0.25, 0.3) is 22.6 Å². The van der Waals surface area contributed by atoms with E-state index in [1.807, 2.05) is 0 Å². The minimum absolute atomic E-state index is 0.135. The fourth-order valence-electron chi connectivity index (χ4n) is 2.03. The van der Waals surface area contributed by atoms with E-state index in [1.165, 1.54) is 24.7 Å². The molecule has 3 rings (SSSR count). The number of halogens is 1. The maximum Gasteiger partial charge on any atom is 0.182 e. The van der Waals surface area contributed by atoms with Crippen LogP contribution in [-0.4, -0.2) is 18.7 Å². The Kier molecular flexibility index (Phi) is 4.08. The Hall–Kier alpha value is -2.38. The van der Waals surface area contributed by atoms with Crippen molar-refractivity contribution >= 4 is 11.1 Å². The molecule has 0 amide bonds. The first-order chi connectivity index (χ1) is 10.6. The second kappa shape index (κ2) is 6.17. The molecule has 5 nitrogen and oxygen atoms in total. The summed E-state index contributed by atoms with van der Waals surface area (Å²) in [5, 5.41) is 0. The smallest absolute Gasteiger partial charge is 0.182 e. The van der Waals surface area contributed by atoms with Crippen LogP contribution in [0.5, 0.6) is 0 Å². The third-order valence-corrected chi connectivity index (χ3v) is 3.57. The van der Waals surface area contributed by atoms with Crippen molar-refractivity contribution in [2.24, 2.45) is 0 Å². The molecule has 0 spiro atoms. The SMILES string of the molecule is O=S([O-])Cc1ccc(-c2ncoc2-c2ccc(F)cc2)cn1. The fourth-order valence-corrected chi connectivity index (χ4v) is 2.44. The highest BCUT2D eigenvalue weighted by Crippen LogP contribution is 2.30. The summed E-state index contributed by atoms with van der Waals surface area (Å²) in [5.74, 6) is 0.0348. The van der Waals surface area contributed by atoms with Gasteiger partial charge in [0.1, 0.15) is 11.5 Å². The summed E-state index contributed by atoms with van der Waals surface area (Å²) in [4.78, 5) is 8.24. The van der Waals surface area contributed by atoms with Crippen LogP contribution in [0.3, 0.4) is 0 Å². The molecule has 0 aliphatic heterocycles. The van der Waals surface area contributed by atoms with Crippen molar-refractivity contribution in [1.82, 2.24) is 9.97 Å². The average molecular weight is 317 g/mol. The van der Waals surface area contributed by atoms with Crippen LogP contribution in [0.1, 0.15) is 5.69 Å². The summed E-state index contributed by atoms with van der Waals surface area (Å²) in [6, 6.07) is 9.22. The average Bonchev–Trinajstić information content (AvgIpc) is 2.97. The van der Waals surface area contributed by atoms with Gasteiger partial charge in [0.05, 0.1) is 11.4 Å². The van der Waals surface area contributed by atoms with Crippen LogP contribution in [0.15, 0.2) is 53.4 Å². The van der Waals surface area contributed by atoms with Crippen LogP contribution >= 0.6 is 0 Å². The second-order valence-corrected chi connectivity index (χ2v) is 5.42. The molecule has 0 saturated heterocycles. The number of rotatable bonds is 4. The Labute approximate surface area is 128 Å². The summed E-state index contributed by atoms with van der Waals surface area (Å²) < 4.78 is 39.7. The summed E-state index contributed by atoms with van der Waals surface area (Å²) in [6.07, 6.45) is 2.84. The van der Waals surface area contributed by atoms with Gasteiger partial charge in [-0.3, -0.25) is 9.19 Å². The van der Waals surface area contributed by atoms with E-state index in [9.17, 15) is 13.2 Å². The quantitative estimate of drug-likeness (QED) is 0.691. The molecule has 1 aromatic carbocycles. The molecule has 7 heteroatoms. The van der Waals surface area contributed by atoms with E-state index in [4.69, 9.17) is 4.42 Å². The first kappa shape index (κ1) is 14.6. The lowest BCUT2D eigenvalue weighted by molar-refractivity contribution is 0.535. The van der Waals surface area contributed by atoms with E-state index in [0.29, 0.717) is 28.3 Å². The summed E-state index contributed by atoms with van der Waals surface area (Å²) >= 11 is -2.18. The van der Waals surface area contributed by atoms with Crippen molar-refractivity contribution in [2.45, 2.75) is 5.75 Å². The highest BCUT2D eigenvalue weighted by molar-refractivity contribution is 7.78. The maximum atomic E-state index is 13.0. The van der Waals surface area contributed by atoms with Gasteiger partial charge in [-0.25, -0.2) is 9.37 Å². The van der Waals surface area contributed by atoms with Crippen molar-refractivity contribution < 1.29 is 17.6 Å². The monoisotopic (exact) mass is 317 g/mol. The molecule has 1 atom stereocenters. The number of oxazole rings is 1. The van der Waals surface area contributed by atoms with Crippen LogP contribution in [0, 0.1) is 5.82 Å². The largest absolute Gasteiger partial charge is 0.772 e. The van der Waals surface area contributed by atoms with Gasteiger partial charge in [-0.15, -0.1) is 0 Å². The molecular weight excluding hydrogens is 307 g/mol. The summed E-state index contributed by atoms with van der Waals surface area (Å²) in [7, 11) is 0. The topological polar surface area (TPSA) is 79.0 Å². The molecule has 0 bridgehead atoms. The van der Waals surface area contributed by atoms with Gasteiger partial charge in [0.2, 0.25) is 0 Å². The van der Waals surface area contributed by atoms with E-state index in [-0.39, 0.29) is 11.6 Å². The zero-order valence-electron chi connectivity index (χ0n) is 11.2. The number of nitrogens with zero attached hydrogens (tertiary/aromatic N) is 2. The lowest BCUT2D eigenvalue weighted by Crippen LogP contribution is -1.96. The summed E-state index contributed by atoms with van der Waals surface area (Å²) in [6.45, 7) is 0. The van der Waals surface area contributed by atoms with Crippen LogP contribution in [0.2, 0.25) is 0 Å². The zero-order valence-corrected chi connectivity index (χ0v) is 12.0. The number of hydrogen-bond acceptors (Lipinski definition) is 5. The van der Waals surface area contributed by atoms with Crippen LogP contribution < -0.4 is 0 Å². The predicted molar refractivity (Wildman–Crippen MR) is 77.8 cm³/mol. The molecule has 0 saturated carbocycles. The van der Waals surface area contributed by atoms with Gasteiger partial charge in [-0.05, 0) is 47.5 Å². The van der Waals surface area contributed by atoms with Gasteiger partial charge < -0.3 is 8.97 Å².